The number of thiazole rings is 1. The Kier molecular flexibility index (Phi) is 2.49. The van der Waals surface area contributed by atoms with Gasteiger partial charge in [0.05, 0.1) is 12.8 Å². The van der Waals surface area contributed by atoms with Crippen LogP contribution in [0.3, 0.4) is 0 Å². The fraction of sp³-hybridized carbons (Fsp3) is 0.100. The standard InChI is InChI=1S/C10H8N4O3S/c15-14(16)9-8(11-6-7-2-1-4-17-7)12-10-13(9)3-5-18-10/h1-5,11H,6H2. The van der Waals surface area contributed by atoms with Gasteiger partial charge in [-0.1, -0.05) is 11.3 Å². The van der Waals surface area contributed by atoms with E-state index in [1.165, 1.54) is 15.7 Å². The molecule has 0 saturated heterocycles. The zero-order valence-corrected chi connectivity index (χ0v) is 9.88. The van der Waals surface area contributed by atoms with Gasteiger partial charge in [-0.2, -0.15) is 9.38 Å². The summed E-state index contributed by atoms with van der Waals surface area (Å²) in [5.41, 5.74) is 0. The molecule has 0 aliphatic heterocycles. The summed E-state index contributed by atoms with van der Waals surface area (Å²) in [6.45, 7) is 0.360. The number of imidazole rings is 1. The van der Waals surface area contributed by atoms with Crippen molar-refractivity contribution in [3.63, 3.8) is 0 Å². The van der Waals surface area contributed by atoms with Crippen molar-refractivity contribution in [2.75, 3.05) is 5.32 Å². The van der Waals surface area contributed by atoms with Crippen LogP contribution < -0.4 is 5.32 Å². The lowest BCUT2D eigenvalue weighted by Crippen LogP contribution is -2.02. The summed E-state index contributed by atoms with van der Waals surface area (Å²) in [6.07, 6.45) is 3.18. The summed E-state index contributed by atoms with van der Waals surface area (Å²) in [5.74, 6) is 0.890. The minimum atomic E-state index is -0.447. The van der Waals surface area contributed by atoms with Crippen LogP contribution in [0.15, 0.2) is 34.4 Å². The Morgan fingerprint density at radius 3 is 3.22 bits per heavy atom. The fourth-order valence-electron chi connectivity index (χ4n) is 1.65. The van der Waals surface area contributed by atoms with Crippen LogP contribution in [0.25, 0.3) is 4.96 Å². The van der Waals surface area contributed by atoms with Crippen LogP contribution in [-0.4, -0.2) is 14.3 Å². The Morgan fingerprint density at radius 1 is 1.61 bits per heavy atom. The Hall–Kier alpha value is -2.35. The Labute approximate surface area is 105 Å². The molecule has 0 bridgehead atoms. The molecule has 0 aromatic carbocycles. The van der Waals surface area contributed by atoms with E-state index < -0.39 is 4.92 Å². The number of hydrogen-bond donors (Lipinski definition) is 1. The van der Waals surface area contributed by atoms with Crippen LogP contribution in [0.5, 0.6) is 0 Å². The molecule has 0 aliphatic rings. The van der Waals surface area contributed by atoms with Crippen molar-refractivity contribution in [1.82, 2.24) is 9.38 Å². The molecule has 1 N–H and O–H groups in total. The highest BCUT2D eigenvalue weighted by Gasteiger charge is 2.23. The zero-order valence-electron chi connectivity index (χ0n) is 9.07. The van der Waals surface area contributed by atoms with Crippen molar-refractivity contribution in [3.05, 3.63) is 45.8 Å². The topological polar surface area (TPSA) is 85.6 Å². The molecule has 0 fully saturated rings. The Balaban J connectivity index is 1.93. The van der Waals surface area contributed by atoms with Gasteiger partial charge in [0.2, 0.25) is 5.82 Å². The van der Waals surface area contributed by atoms with Gasteiger partial charge in [-0.3, -0.25) is 0 Å². The quantitative estimate of drug-likeness (QED) is 0.578. The average molecular weight is 264 g/mol. The molecular weight excluding hydrogens is 256 g/mol. The summed E-state index contributed by atoms with van der Waals surface area (Å²) >= 11 is 1.35. The smallest absolute Gasteiger partial charge is 0.372 e. The van der Waals surface area contributed by atoms with E-state index in [4.69, 9.17) is 4.42 Å². The Bertz CT molecular complexity index is 685. The van der Waals surface area contributed by atoms with E-state index in [2.05, 4.69) is 10.3 Å². The van der Waals surface area contributed by atoms with Gasteiger partial charge in [0, 0.05) is 5.38 Å². The molecule has 92 valence electrons. The van der Waals surface area contributed by atoms with E-state index in [1.807, 2.05) is 0 Å². The van der Waals surface area contributed by atoms with E-state index in [-0.39, 0.29) is 11.6 Å². The fourth-order valence-corrected chi connectivity index (χ4v) is 2.36. The molecule has 3 aromatic heterocycles. The lowest BCUT2D eigenvalue weighted by Gasteiger charge is -2.00. The zero-order chi connectivity index (χ0) is 12.5. The van der Waals surface area contributed by atoms with Gasteiger partial charge in [0.1, 0.15) is 12.0 Å². The van der Waals surface area contributed by atoms with Crippen molar-refractivity contribution in [2.24, 2.45) is 0 Å². The number of nitrogens with zero attached hydrogens (tertiary/aromatic N) is 3. The normalized spacial score (nSPS) is 10.9. The van der Waals surface area contributed by atoms with Crippen LogP contribution in [0.4, 0.5) is 11.6 Å². The second-order valence-corrected chi connectivity index (χ2v) is 4.40. The number of hydrogen-bond acceptors (Lipinski definition) is 6. The molecule has 3 rings (SSSR count). The molecule has 0 aliphatic carbocycles. The molecule has 0 spiro atoms. The first-order valence-corrected chi connectivity index (χ1v) is 6.00. The predicted octanol–water partition coefficient (Wildman–Crippen LogP) is 2.51. The van der Waals surface area contributed by atoms with E-state index in [0.717, 1.165) is 0 Å². The largest absolute Gasteiger partial charge is 0.467 e. The maximum absolute atomic E-state index is 11.0. The first-order valence-electron chi connectivity index (χ1n) is 5.12. The molecule has 0 saturated carbocycles. The third-order valence-electron chi connectivity index (χ3n) is 2.42. The molecule has 0 unspecified atom stereocenters. The number of aromatic nitrogens is 2. The molecule has 0 amide bonds. The van der Waals surface area contributed by atoms with Gasteiger partial charge in [0.25, 0.3) is 4.96 Å². The van der Waals surface area contributed by atoms with Gasteiger partial charge < -0.3 is 19.8 Å². The van der Waals surface area contributed by atoms with Crippen LogP contribution in [0.2, 0.25) is 0 Å². The van der Waals surface area contributed by atoms with E-state index in [9.17, 15) is 10.1 Å². The SMILES string of the molecule is O=[N+]([O-])c1c(NCc2ccco2)nc2sccn12. The van der Waals surface area contributed by atoms with Gasteiger partial charge in [0.15, 0.2) is 0 Å². The van der Waals surface area contributed by atoms with Gasteiger partial charge >= 0.3 is 5.82 Å². The van der Waals surface area contributed by atoms with Crippen molar-refractivity contribution in [3.8, 4) is 0 Å². The molecule has 3 heterocycles. The summed E-state index contributed by atoms with van der Waals surface area (Å²) in [5, 5.41) is 15.7. The maximum Gasteiger partial charge on any atom is 0.372 e. The number of nitro groups is 1. The van der Waals surface area contributed by atoms with Crippen molar-refractivity contribution < 1.29 is 9.34 Å². The van der Waals surface area contributed by atoms with Crippen LogP contribution in [0.1, 0.15) is 5.76 Å². The molecule has 7 nitrogen and oxygen atoms in total. The lowest BCUT2D eigenvalue weighted by molar-refractivity contribution is -0.389. The number of fused-ring (bicyclic) bond motifs is 1. The summed E-state index contributed by atoms with van der Waals surface area (Å²) in [6, 6.07) is 3.55. The van der Waals surface area contributed by atoms with Crippen molar-refractivity contribution in [2.45, 2.75) is 6.54 Å². The summed E-state index contributed by atoms with van der Waals surface area (Å²) in [4.78, 5) is 15.4. The van der Waals surface area contributed by atoms with Crippen LogP contribution in [-0.2, 0) is 6.54 Å². The highest BCUT2D eigenvalue weighted by molar-refractivity contribution is 7.15. The van der Waals surface area contributed by atoms with Crippen molar-refractivity contribution in [1.29, 1.82) is 0 Å². The summed E-state index contributed by atoms with van der Waals surface area (Å²) < 4.78 is 6.60. The molecule has 8 heteroatoms. The van der Waals surface area contributed by atoms with E-state index in [1.54, 1.807) is 30.0 Å². The maximum atomic E-state index is 11.0. The second kappa shape index (κ2) is 4.15. The molecule has 0 radical (unpaired) electrons. The van der Waals surface area contributed by atoms with Gasteiger partial charge in [-0.25, -0.2) is 0 Å². The highest BCUT2D eigenvalue weighted by Crippen LogP contribution is 2.28. The first kappa shape index (κ1) is 10.8. The molecule has 0 atom stereocenters. The third-order valence-corrected chi connectivity index (χ3v) is 3.18. The molecule has 18 heavy (non-hydrogen) atoms. The minimum Gasteiger partial charge on any atom is -0.467 e. The predicted molar refractivity (Wildman–Crippen MR) is 65.8 cm³/mol. The molecular formula is C10H8N4O3S. The number of furan rings is 1. The highest BCUT2D eigenvalue weighted by atomic mass is 32.1. The van der Waals surface area contributed by atoms with Gasteiger partial charge in [-0.05, 0) is 17.1 Å². The third kappa shape index (κ3) is 1.72. The van der Waals surface area contributed by atoms with E-state index >= 15 is 0 Å². The molecule has 3 aromatic rings. The van der Waals surface area contributed by atoms with Gasteiger partial charge in [-0.15, -0.1) is 0 Å². The van der Waals surface area contributed by atoms with Crippen molar-refractivity contribution >= 4 is 27.9 Å². The lowest BCUT2D eigenvalue weighted by atomic mass is 10.4. The second-order valence-electron chi connectivity index (χ2n) is 3.53. The Morgan fingerprint density at radius 2 is 2.50 bits per heavy atom. The number of anilines is 1. The monoisotopic (exact) mass is 264 g/mol. The number of nitrogens with one attached hydrogen (secondary N) is 1. The van der Waals surface area contributed by atoms with Crippen LogP contribution >= 0.6 is 11.3 Å². The average Bonchev–Trinajstić information content (AvgIpc) is 3.01. The minimum absolute atomic E-state index is 0.0576. The van der Waals surface area contributed by atoms with Crippen LogP contribution in [0, 0.1) is 10.1 Å². The summed E-state index contributed by atoms with van der Waals surface area (Å²) in [7, 11) is 0. The van der Waals surface area contributed by atoms with E-state index in [0.29, 0.717) is 17.3 Å². The number of rotatable bonds is 4. The first-order chi connectivity index (χ1) is 8.75.